The molecule has 0 atom stereocenters. The molecule has 1 heterocycles. The molecule has 3 heteroatoms. The molecule has 2 rings (SSSR count). The van der Waals surface area contributed by atoms with Crippen LogP contribution in [-0.4, -0.2) is 9.97 Å². The molecule has 0 saturated carbocycles. The Morgan fingerprint density at radius 3 is 2.33 bits per heavy atom. The van der Waals surface area contributed by atoms with Gasteiger partial charge in [-0.2, -0.15) is 0 Å². The van der Waals surface area contributed by atoms with Gasteiger partial charge in [0.15, 0.2) is 0 Å². The minimum atomic E-state index is 0.712. The molecule has 0 spiro atoms. The number of hydrogen-bond acceptors (Lipinski definition) is 2. The van der Waals surface area contributed by atoms with Gasteiger partial charge in [0.1, 0.15) is 4.99 Å². The van der Waals surface area contributed by atoms with Gasteiger partial charge in [0, 0.05) is 23.6 Å². The Labute approximate surface area is 94.0 Å². The number of rotatable bonds is 2. The van der Waals surface area contributed by atoms with Gasteiger partial charge in [-0.3, -0.25) is 4.98 Å². The first-order chi connectivity index (χ1) is 7.36. The summed E-state index contributed by atoms with van der Waals surface area (Å²) >= 11 is 5.26. The summed E-state index contributed by atoms with van der Waals surface area (Å²) in [4.78, 5) is 4.66. The van der Waals surface area contributed by atoms with Crippen LogP contribution in [-0.2, 0) is 0 Å². The van der Waals surface area contributed by atoms with Crippen molar-refractivity contribution in [3.05, 3.63) is 60.4 Å². The minimum Gasteiger partial charge on any atom is -0.346 e. The Balaban J connectivity index is 2.12. The lowest BCUT2D eigenvalue weighted by atomic mass is 10.2. The molecule has 0 amide bonds. The highest BCUT2D eigenvalue weighted by molar-refractivity contribution is 7.81. The topological polar surface area (TPSA) is 24.9 Å². The molecule has 0 unspecified atom stereocenters. The maximum atomic E-state index is 5.26. The van der Waals surface area contributed by atoms with Crippen LogP contribution in [0.2, 0.25) is 0 Å². The van der Waals surface area contributed by atoms with Crippen LogP contribution in [0.4, 0.5) is 5.69 Å². The van der Waals surface area contributed by atoms with Gasteiger partial charge in [0.2, 0.25) is 0 Å². The summed E-state index contributed by atoms with van der Waals surface area (Å²) in [5.41, 5.74) is 1.98. The number of hydrogen-bond donors (Lipinski definition) is 1. The van der Waals surface area contributed by atoms with Crippen molar-refractivity contribution in [2.45, 2.75) is 0 Å². The van der Waals surface area contributed by atoms with E-state index in [0.29, 0.717) is 4.99 Å². The van der Waals surface area contributed by atoms with Crippen molar-refractivity contribution in [3.8, 4) is 0 Å². The van der Waals surface area contributed by atoms with Gasteiger partial charge < -0.3 is 5.32 Å². The smallest absolute Gasteiger partial charge is 0.111 e. The minimum absolute atomic E-state index is 0.712. The fourth-order valence-corrected chi connectivity index (χ4v) is 1.48. The van der Waals surface area contributed by atoms with E-state index in [1.54, 1.807) is 12.4 Å². The Hall–Kier alpha value is -1.74. The molecule has 2 aromatic rings. The maximum absolute atomic E-state index is 5.26. The van der Waals surface area contributed by atoms with Crippen LogP contribution in [0.3, 0.4) is 0 Å². The van der Waals surface area contributed by atoms with Gasteiger partial charge >= 0.3 is 0 Å². The first kappa shape index (κ1) is 9.80. The standard InChI is InChI=1S/C12H10N2S/c15-12(10-6-8-13-9-7-10)14-11-4-2-1-3-5-11/h1-9H,(H,14,15). The van der Waals surface area contributed by atoms with E-state index >= 15 is 0 Å². The number of aromatic nitrogens is 1. The van der Waals surface area contributed by atoms with Crippen LogP contribution >= 0.6 is 12.2 Å². The molecule has 15 heavy (non-hydrogen) atoms. The van der Waals surface area contributed by atoms with Crippen molar-refractivity contribution < 1.29 is 0 Å². The predicted molar refractivity (Wildman–Crippen MR) is 66.0 cm³/mol. The molecule has 2 nitrogen and oxygen atoms in total. The van der Waals surface area contributed by atoms with Crippen LogP contribution in [0.15, 0.2) is 54.9 Å². The van der Waals surface area contributed by atoms with Gasteiger partial charge in [0.25, 0.3) is 0 Å². The highest BCUT2D eigenvalue weighted by Crippen LogP contribution is 2.08. The lowest BCUT2D eigenvalue weighted by Gasteiger charge is -2.06. The van der Waals surface area contributed by atoms with Gasteiger partial charge in [-0.1, -0.05) is 30.4 Å². The number of anilines is 1. The average molecular weight is 214 g/mol. The van der Waals surface area contributed by atoms with Crippen LogP contribution in [0.25, 0.3) is 0 Å². The van der Waals surface area contributed by atoms with E-state index in [9.17, 15) is 0 Å². The first-order valence-corrected chi connectivity index (χ1v) is 5.03. The lowest BCUT2D eigenvalue weighted by molar-refractivity contribution is 1.32. The molecule has 1 aromatic carbocycles. The molecular formula is C12H10N2S. The SMILES string of the molecule is S=C(Nc1ccccc1)c1ccncc1. The zero-order chi connectivity index (χ0) is 10.5. The van der Waals surface area contributed by atoms with E-state index in [4.69, 9.17) is 12.2 Å². The second-order valence-corrected chi connectivity index (χ2v) is 3.46. The zero-order valence-electron chi connectivity index (χ0n) is 8.05. The Kier molecular flexibility index (Phi) is 3.05. The van der Waals surface area contributed by atoms with Gasteiger partial charge in [-0.15, -0.1) is 0 Å². The molecule has 74 valence electrons. The molecule has 1 N–H and O–H groups in total. The Morgan fingerprint density at radius 1 is 1.00 bits per heavy atom. The van der Waals surface area contributed by atoms with Crippen molar-refractivity contribution in [1.82, 2.24) is 4.98 Å². The quantitative estimate of drug-likeness (QED) is 0.778. The summed E-state index contributed by atoms with van der Waals surface area (Å²) in [5, 5.41) is 3.16. The number of para-hydroxylation sites is 1. The largest absolute Gasteiger partial charge is 0.346 e. The summed E-state index contributed by atoms with van der Waals surface area (Å²) in [5.74, 6) is 0. The summed E-state index contributed by atoms with van der Waals surface area (Å²) in [7, 11) is 0. The van der Waals surface area contributed by atoms with Crippen LogP contribution < -0.4 is 5.32 Å². The summed E-state index contributed by atoms with van der Waals surface area (Å²) < 4.78 is 0. The second kappa shape index (κ2) is 4.66. The molecule has 0 fully saturated rings. The number of thiocarbonyl (C=S) groups is 1. The maximum Gasteiger partial charge on any atom is 0.111 e. The fraction of sp³-hybridized carbons (Fsp3) is 0. The number of nitrogens with zero attached hydrogens (tertiary/aromatic N) is 1. The highest BCUT2D eigenvalue weighted by atomic mass is 32.1. The summed E-state index contributed by atoms with van der Waals surface area (Å²) in [6, 6.07) is 13.6. The normalized spacial score (nSPS) is 9.60. The molecule has 0 aliphatic carbocycles. The number of benzene rings is 1. The van der Waals surface area contributed by atoms with E-state index in [0.717, 1.165) is 11.3 Å². The predicted octanol–water partition coefficient (Wildman–Crippen LogP) is 2.87. The molecule has 0 aliphatic heterocycles. The third kappa shape index (κ3) is 2.60. The highest BCUT2D eigenvalue weighted by Gasteiger charge is 1.99. The molecule has 1 aromatic heterocycles. The van der Waals surface area contributed by atoms with Crippen molar-refractivity contribution in [2.75, 3.05) is 5.32 Å². The monoisotopic (exact) mass is 214 g/mol. The van der Waals surface area contributed by atoms with E-state index in [-0.39, 0.29) is 0 Å². The Morgan fingerprint density at radius 2 is 1.67 bits per heavy atom. The molecule has 0 aliphatic rings. The van der Waals surface area contributed by atoms with Crippen molar-refractivity contribution in [2.24, 2.45) is 0 Å². The molecular weight excluding hydrogens is 204 g/mol. The van der Waals surface area contributed by atoms with E-state index in [1.807, 2.05) is 42.5 Å². The lowest BCUT2D eigenvalue weighted by Crippen LogP contribution is -2.10. The summed E-state index contributed by atoms with van der Waals surface area (Å²) in [6.07, 6.45) is 3.46. The zero-order valence-corrected chi connectivity index (χ0v) is 8.87. The van der Waals surface area contributed by atoms with E-state index in [2.05, 4.69) is 10.3 Å². The molecule has 0 saturated heterocycles. The first-order valence-electron chi connectivity index (χ1n) is 4.63. The molecule has 0 radical (unpaired) electrons. The van der Waals surface area contributed by atoms with Gasteiger partial charge in [0.05, 0.1) is 0 Å². The van der Waals surface area contributed by atoms with Crippen molar-refractivity contribution >= 4 is 22.9 Å². The Bertz CT molecular complexity index is 440. The fourth-order valence-electron chi connectivity index (χ4n) is 1.23. The average Bonchev–Trinajstić information content (AvgIpc) is 2.31. The van der Waals surface area contributed by atoms with Crippen LogP contribution in [0, 0.1) is 0 Å². The number of nitrogens with one attached hydrogen (secondary N) is 1. The van der Waals surface area contributed by atoms with Crippen molar-refractivity contribution in [1.29, 1.82) is 0 Å². The molecule has 0 bridgehead atoms. The van der Waals surface area contributed by atoms with Crippen molar-refractivity contribution in [3.63, 3.8) is 0 Å². The van der Waals surface area contributed by atoms with Crippen LogP contribution in [0.1, 0.15) is 5.56 Å². The summed E-state index contributed by atoms with van der Waals surface area (Å²) in [6.45, 7) is 0. The van der Waals surface area contributed by atoms with Crippen LogP contribution in [0.5, 0.6) is 0 Å². The van der Waals surface area contributed by atoms with E-state index in [1.165, 1.54) is 0 Å². The van der Waals surface area contributed by atoms with E-state index < -0.39 is 0 Å². The van der Waals surface area contributed by atoms with Gasteiger partial charge in [-0.05, 0) is 24.3 Å². The van der Waals surface area contributed by atoms with Gasteiger partial charge in [-0.25, -0.2) is 0 Å². The number of pyridine rings is 1. The third-order valence-corrected chi connectivity index (χ3v) is 2.31. The second-order valence-electron chi connectivity index (χ2n) is 3.06. The third-order valence-electron chi connectivity index (χ3n) is 1.97.